The Hall–Kier alpha value is -3.80. The Balaban J connectivity index is 1.33. The fraction of sp³-hybridized carbons (Fsp3) is 0.167. The first-order valence-corrected chi connectivity index (χ1v) is 9.72. The number of imidazole rings is 1. The summed E-state index contributed by atoms with van der Waals surface area (Å²) in [6.45, 7) is 2.45. The van der Waals surface area contributed by atoms with Crippen molar-refractivity contribution in [3.63, 3.8) is 0 Å². The highest BCUT2D eigenvalue weighted by Crippen LogP contribution is 2.30. The smallest absolute Gasteiger partial charge is 0.226 e. The van der Waals surface area contributed by atoms with Gasteiger partial charge >= 0.3 is 0 Å². The van der Waals surface area contributed by atoms with Gasteiger partial charge in [-0.05, 0) is 48.4 Å². The van der Waals surface area contributed by atoms with Crippen LogP contribution >= 0.6 is 0 Å². The van der Waals surface area contributed by atoms with E-state index in [9.17, 15) is 4.79 Å². The first kappa shape index (κ1) is 19.5. The molecule has 2 heterocycles. The number of fused-ring (bicyclic) bond motifs is 1. The van der Waals surface area contributed by atoms with Crippen LogP contribution in [0.3, 0.4) is 0 Å². The average molecular weight is 401 g/mol. The first-order valence-electron chi connectivity index (χ1n) is 9.72. The van der Waals surface area contributed by atoms with Crippen molar-refractivity contribution in [1.82, 2.24) is 14.7 Å². The molecule has 0 radical (unpaired) electrons. The standard InChI is InChI=1S/C24H23N3O3/c1-17-6-5-13-27-16-19(26-24(17)27)14-23(28)25-15-18-9-11-20(12-10-18)30-22-8-4-3-7-21(22)29-2/h3-13,16H,14-15H2,1-2H3,(H,25,28). The van der Waals surface area contributed by atoms with Crippen LogP contribution in [0.5, 0.6) is 17.2 Å². The van der Waals surface area contributed by atoms with Crippen molar-refractivity contribution < 1.29 is 14.3 Å². The molecule has 30 heavy (non-hydrogen) atoms. The molecular weight excluding hydrogens is 378 g/mol. The summed E-state index contributed by atoms with van der Waals surface area (Å²) >= 11 is 0. The van der Waals surface area contributed by atoms with E-state index in [1.54, 1.807) is 7.11 Å². The SMILES string of the molecule is COc1ccccc1Oc1ccc(CNC(=O)Cc2cn3cccc(C)c3n2)cc1. The van der Waals surface area contributed by atoms with Gasteiger partial charge in [-0.1, -0.05) is 30.3 Å². The second-order valence-corrected chi connectivity index (χ2v) is 7.00. The lowest BCUT2D eigenvalue weighted by Crippen LogP contribution is -2.24. The number of methoxy groups -OCH3 is 1. The lowest BCUT2D eigenvalue weighted by molar-refractivity contribution is -0.120. The average Bonchev–Trinajstić information content (AvgIpc) is 3.17. The highest BCUT2D eigenvalue weighted by Gasteiger charge is 2.09. The van der Waals surface area contributed by atoms with Crippen LogP contribution in [0.4, 0.5) is 0 Å². The van der Waals surface area contributed by atoms with Crippen molar-refractivity contribution in [1.29, 1.82) is 0 Å². The van der Waals surface area contributed by atoms with Crippen molar-refractivity contribution in [2.24, 2.45) is 0 Å². The van der Waals surface area contributed by atoms with Crippen LogP contribution < -0.4 is 14.8 Å². The van der Waals surface area contributed by atoms with Crippen LogP contribution in [0.2, 0.25) is 0 Å². The molecule has 1 amide bonds. The Morgan fingerprint density at radius 2 is 1.80 bits per heavy atom. The van der Waals surface area contributed by atoms with E-state index in [1.807, 2.05) is 84.4 Å². The molecular formula is C24H23N3O3. The number of carbonyl (C=O) groups excluding carboxylic acids is 1. The fourth-order valence-electron chi connectivity index (χ4n) is 3.22. The molecule has 6 heteroatoms. The molecule has 2 aromatic carbocycles. The van der Waals surface area contributed by atoms with Gasteiger partial charge in [0.25, 0.3) is 0 Å². The van der Waals surface area contributed by atoms with Gasteiger partial charge < -0.3 is 19.2 Å². The maximum Gasteiger partial charge on any atom is 0.226 e. The van der Waals surface area contributed by atoms with Gasteiger partial charge in [0.2, 0.25) is 5.91 Å². The van der Waals surface area contributed by atoms with Crippen molar-refractivity contribution >= 4 is 11.6 Å². The van der Waals surface area contributed by atoms with Gasteiger partial charge in [-0.15, -0.1) is 0 Å². The van der Waals surface area contributed by atoms with E-state index in [2.05, 4.69) is 10.3 Å². The normalized spacial score (nSPS) is 10.7. The van der Waals surface area contributed by atoms with Crippen molar-refractivity contribution in [3.05, 3.63) is 89.9 Å². The highest BCUT2D eigenvalue weighted by molar-refractivity contribution is 5.78. The third-order valence-corrected chi connectivity index (χ3v) is 4.78. The Bertz CT molecular complexity index is 1170. The summed E-state index contributed by atoms with van der Waals surface area (Å²) in [6.07, 6.45) is 4.08. The number of hydrogen-bond donors (Lipinski definition) is 1. The Labute approximate surface area is 175 Å². The molecule has 0 aliphatic carbocycles. The minimum atomic E-state index is -0.0644. The largest absolute Gasteiger partial charge is 0.493 e. The minimum Gasteiger partial charge on any atom is -0.493 e. The van der Waals surface area contributed by atoms with Gasteiger partial charge in [0, 0.05) is 18.9 Å². The summed E-state index contributed by atoms with van der Waals surface area (Å²) in [5, 5.41) is 2.94. The van der Waals surface area contributed by atoms with E-state index in [1.165, 1.54) is 0 Å². The molecule has 6 nitrogen and oxygen atoms in total. The number of nitrogens with zero attached hydrogens (tertiary/aromatic N) is 2. The Morgan fingerprint density at radius 3 is 2.53 bits per heavy atom. The molecule has 2 aromatic heterocycles. The minimum absolute atomic E-state index is 0.0644. The van der Waals surface area contributed by atoms with Crippen LogP contribution in [0.15, 0.2) is 73.1 Å². The number of benzene rings is 2. The molecule has 0 bridgehead atoms. The quantitative estimate of drug-likeness (QED) is 0.501. The van der Waals surface area contributed by atoms with E-state index in [-0.39, 0.29) is 12.3 Å². The van der Waals surface area contributed by atoms with Gasteiger partial charge in [-0.25, -0.2) is 4.98 Å². The zero-order valence-corrected chi connectivity index (χ0v) is 17.0. The Kier molecular flexibility index (Phi) is 5.66. The zero-order chi connectivity index (χ0) is 20.9. The van der Waals surface area contributed by atoms with E-state index in [4.69, 9.17) is 9.47 Å². The maximum absolute atomic E-state index is 12.3. The van der Waals surface area contributed by atoms with E-state index in [0.29, 0.717) is 23.8 Å². The molecule has 0 saturated heterocycles. The number of amides is 1. The molecule has 0 atom stereocenters. The molecule has 4 aromatic rings. The van der Waals surface area contributed by atoms with Crippen LogP contribution in [0, 0.1) is 6.92 Å². The monoisotopic (exact) mass is 401 g/mol. The Morgan fingerprint density at radius 1 is 1.03 bits per heavy atom. The third-order valence-electron chi connectivity index (χ3n) is 4.78. The second-order valence-electron chi connectivity index (χ2n) is 7.00. The lowest BCUT2D eigenvalue weighted by Gasteiger charge is -2.10. The summed E-state index contributed by atoms with van der Waals surface area (Å²) in [7, 11) is 1.61. The number of aromatic nitrogens is 2. The van der Waals surface area contributed by atoms with Crippen LogP contribution in [0.1, 0.15) is 16.8 Å². The molecule has 1 N–H and O–H groups in total. The molecule has 152 valence electrons. The summed E-state index contributed by atoms with van der Waals surface area (Å²) in [5.41, 5.74) is 3.70. The van der Waals surface area contributed by atoms with Gasteiger partial charge in [-0.3, -0.25) is 4.79 Å². The molecule has 0 spiro atoms. The second kappa shape index (κ2) is 8.69. The molecule has 0 fully saturated rings. The number of rotatable bonds is 7. The summed E-state index contributed by atoms with van der Waals surface area (Å²) in [4.78, 5) is 16.9. The summed E-state index contributed by atoms with van der Waals surface area (Å²) < 4.78 is 13.1. The summed E-state index contributed by atoms with van der Waals surface area (Å²) in [5.74, 6) is 1.97. The maximum atomic E-state index is 12.3. The molecule has 0 saturated carbocycles. The van der Waals surface area contributed by atoms with Gasteiger partial charge in [0.05, 0.1) is 19.2 Å². The highest BCUT2D eigenvalue weighted by atomic mass is 16.5. The number of ether oxygens (including phenoxy) is 2. The zero-order valence-electron chi connectivity index (χ0n) is 17.0. The number of hydrogen-bond acceptors (Lipinski definition) is 4. The molecule has 0 unspecified atom stereocenters. The molecule has 0 aliphatic rings. The third kappa shape index (κ3) is 4.43. The van der Waals surface area contributed by atoms with Crippen LogP contribution in [-0.2, 0) is 17.8 Å². The van der Waals surface area contributed by atoms with Crippen LogP contribution in [-0.4, -0.2) is 22.4 Å². The number of aryl methyl sites for hydroxylation is 1. The molecule has 4 rings (SSSR count). The van der Waals surface area contributed by atoms with Crippen molar-refractivity contribution in [2.75, 3.05) is 7.11 Å². The van der Waals surface area contributed by atoms with E-state index in [0.717, 1.165) is 22.5 Å². The fourth-order valence-corrected chi connectivity index (χ4v) is 3.22. The molecule has 0 aliphatic heterocycles. The predicted octanol–water partition coefficient (Wildman–Crippen LogP) is 4.30. The van der Waals surface area contributed by atoms with E-state index >= 15 is 0 Å². The first-order chi connectivity index (χ1) is 14.6. The van der Waals surface area contributed by atoms with E-state index < -0.39 is 0 Å². The lowest BCUT2D eigenvalue weighted by atomic mass is 10.2. The van der Waals surface area contributed by atoms with Crippen molar-refractivity contribution in [3.8, 4) is 17.2 Å². The van der Waals surface area contributed by atoms with Crippen molar-refractivity contribution in [2.45, 2.75) is 19.9 Å². The summed E-state index contributed by atoms with van der Waals surface area (Å²) in [6, 6.07) is 19.1. The van der Waals surface area contributed by atoms with Gasteiger partial charge in [-0.2, -0.15) is 0 Å². The number of nitrogens with one attached hydrogen (secondary N) is 1. The van der Waals surface area contributed by atoms with Gasteiger partial charge in [0.15, 0.2) is 11.5 Å². The topological polar surface area (TPSA) is 64.9 Å². The number of para-hydroxylation sites is 2. The number of carbonyl (C=O) groups is 1. The van der Waals surface area contributed by atoms with Crippen LogP contribution in [0.25, 0.3) is 5.65 Å². The number of pyridine rings is 1. The van der Waals surface area contributed by atoms with Gasteiger partial charge in [0.1, 0.15) is 11.4 Å². The predicted molar refractivity (Wildman–Crippen MR) is 115 cm³/mol.